The molecule has 104 valence electrons. The highest BCUT2D eigenvalue weighted by Gasteiger charge is 2.45. The smallest absolute Gasteiger partial charge is 0.0612 e. The lowest BCUT2D eigenvalue weighted by Gasteiger charge is -2.39. The van der Waals surface area contributed by atoms with Crippen molar-refractivity contribution in [3.63, 3.8) is 0 Å². The zero-order valence-electron chi connectivity index (χ0n) is 12.1. The number of nitrogens with zero attached hydrogens (tertiary/aromatic N) is 1. The van der Waals surface area contributed by atoms with E-state index in [-0.39, 0.29) is 0 Å². The molecule has 3 aliphatic heterocycles. The molecule has 3 heteroatoms. The molecule has 3 aliphatic rings. The summed E-state index contributed by atoms with van der Waals surface area (Å²) >= 11 is 0. The van der Waals surface area contributed by atoms with Crippen LogP contribution in [0.2, 0.25) is 0 Å². The van der Waals surface area contributed by atoms with Crippen LogP contribution in [-0.4, -0.2) is 49.3 Å². The number of likely N-dealkylation sites (tertiary alicyclic amines) is 1. The van der Waals surface area contributed by atoms with Gasteiger partial charge < -0.3 is 10.1 Å². The van der Waals surface area contributed by atoms with E-state index >= 15 is 0 Å². The second-order valence-corrected chi connectivity index (χ2v) is 6.85. The van der Waals surface area contributed by atoms with Crippen LogP contribution in [0.1, 0.15) is 33.6 Å². The average Bonchev–Trinajstić information content (AvgIpc) is 2.93. The van der Waals surface area contributed by atoms with E-state index in [1.807, 2.05) is 0 Å². The summed E-state index contributed by atoms with van der Waals surface area (Å²) in [7, 11) is 0. The van der Waals surface area contributed by atoms with Crippen molar-refractivity contribution >= 4 is 0 Å². The molecule has 5 unspecified atom stereocenters. The molecule has 18 heavy (non-hydrogen) atoms. The first kappa shape index (κ1) is 12.9. The summed E-state index contributed by atoms with van der Waals surface area (Å²) in [6.07, 6.45) is 2.96. The minimum atomic E-state index is 0.481. The first-order valence-electron chi connectivity index (χ1n) is 7.75. The molecule has 3 saturated heterocycles. The normalized spacial score (nSPS) is 45.7. The molecule has 0 aromatic heterocycles. The van der Waals surface area contributed by atoms with Gasteiger partial charge in [0.15, 0.2) is 0 Å². The lowest BCUT2D eigenvalue weighted by atomic mass is 9.93. The van der Waals surface area contributed by atoms with Crippen molar-refractivity contribution in [3.8, 4) is 0 Å². The Balaban J connectivity index is 1.64. The van der Waals surface area contributed by atoms with Gasteiger partial charge in [0.1, 0.15) is 0 Å². The molecule has 0 aromatic rings. The molecule has 3 nitrogen and oxygen atoms in total. The number of hydrogen-bond donors (Lipinski definition) is 1. The van der Waals surface area contributed by atoms with Crippen molar-refractivity contribution in [1.29, 1.82) is 0 Å². The van der Waals surface area contributed by atoms with Gasteiger partial charge >= 0.3 is 0 Å². The first-order chi connectivity index (χ1) is 8.66. The summed E-state index contributed by atoms with van der Waals surface area (Å²) in [5.74, 6) is 2.46. The molecule has 3 heterocycles. The molecule has 0 aliphatic carbocycles. The first-order valence-corrected chi connectivity index (χ1v) is 7.75. The molecule has 0 radical (unpaired) electrons. The van der Waals surface area contributed by atoms with E-state index in [2.05, 4.69) is 31.0 Å². The number of nitrogens with one attached hydrogen (secondary N) is 1. The van der Waals surface area contributed by atoms with E-state index in [0.29, 0.717) is 12.0 Å². The Hall–Kier alpha value is -0.120. The highest BCUT2D eigenvalue weighted by atomic mass is 16.5. The highest BCUT2D eigenvalue weighted by Crippen LogP contribution is 2.36. The number of ether oxygens (including phenoxy) is 1. The topological polar surface area (TPSA) is 24.5 Å². The Labute approximate surface area is 111 Å². The Morgan fingerprint density at radius 3 is 2.83 bits per heavy atom. The van der Waals surface area contributed by atoms with E-state index in [0.717, 1.165) is 30.5 Å². The van der Waals surface area contributed by atoms with Gasteiger partial charge in [-0.2, -0.15) is 0 Å². The van der Waals surface area contributed by atoms with Gasteiger partial charge in [0.25, 0.3) is 0 Å². The Kier molecular flexibility index (Phi) is 3.65. The molecule has 3 rings (SSSR count). The highest BCUT2D eigenvalue weighted by molar-refractivity contribution is 4.99. The van der Waals surface area contributed by atoms with E-state index in [1.165, 1.54) is 32.5 Å². The fourth-order valence-electron chi connectivity index (χ4n) is 4.26. The Morgan fingerprint density at radius 2 is 2.11 bits per heavy atom. The predicted octanol–water partition coefficient (Wildman–Crippen LogP) is 1.73. The van der Waals surface area contributed by atoms with Crippen LogP contribution >= 0.6 is 0 Å². The van der Waals surface area contributed by atoms with E-state index in [9.17, 15) is 0 Å². The molecule has 3 fully saturated rings. The fourth-order valence-corrected chi connectivity index (χ4v) is 4.26. The van der Waals surface area contributed by atoms with Crippen LogP contribution in [0.4, 0.5) is 0 Å². The van der Waals surface area contributed by atoms with Gasteiger partial charge in [-0.3, -0.25) is 4.90 Å². The van der Waals surface area contributed by atoms with Gasteiger partial charge in [-0.15, -0.1) is 0 Å². The maximum absolute atomic E-state index is 5.92. The molecule has 5 atom stereocenters. The molecule has 0 saturated carbocycles. The predicted molar refractivity (Wildman–Crippen MR) is 73.6 cm³/mol. The van der Waals surface area contributed by atoms with Crippen molar-refractivity contribution in [2.45, 2.75) is 51.8 Å². The molecule has 0 amide bonds. The minimum absolute atomic E-state index is 0.481. The second-order valence-electron chi connectivity index (χ2n) is 6.85. The second kappa shape index (κ2) is 5.10. The van der Waals surface area contributed by atoms with Gasteiger partial charge in [0.2, 0.25) is 0 Å². The minimum Gasteiger partial charge on any atom is -0.378 e. The largest absolute Gasteiger partial charge is 0.378 e. The van der Waals surface area contributed by atoms with Crippen LogP contribution in [0.25, 0.3) is 0 Å². The zero-order valence-corrected chi connectivity index (χ0v) is 12.1. The summed E-state index contributed by atoms with van der Waals surface area (Å²) < 4.78 is 5.92. The molecule has 1 N–H and O–H groups in total. The quantitative estimate of drug-likeness (QED) is 0.810. The van der Waals surface area contributed by atoms with Gasteiger partial charge in [-0.05, 0) is 50.6 Å². The summed E-state index contributed by atoms with van der Waals surface area (Å²) in [6, 6.07) is 1.53. The van der Waals surface area contributed by atoms with Crippen molar-refractivity contribution < 1.29 is 4.74 Å². The van der Waals surface area contributed by atoms with Crippen molar-refractivity contribution in [2.75, 3.05) is 26.2 Å². The molecular weight excluding hydrogens is 224 g/mol. The van der Waals surface area contributed by atoms with Crippen molar-refractivity contribution in [2.24, 2.45) is 17.8 Å². The fraction of sp³-hybridized carbons (Fsp3) is 1.00. The van der Waals surface area contributed by atoms with Crippen molar-refractivity contribution in [1.82, 2.24) is 10.2 Å². The molecule has 0 aromatic carbocycles. The van der Waals surface area contributed by atoms with Crippen molar-refractivity contribution in [3.05, 3.63) is 0 Å². The van der Waals surface area contributed by atoms with E-state index in [4.69, 9.17) is 4.74 Å². The molecule has 0 spiro atoms. The lowest BCUT2D eigenvalue weighted by molar-refractivity contribution is -0.0512. The van der Waals surface area contributed by atoms with E-state index < -0.39 is 0 Å². The maximum Gasteiger partial charge on any atom is 0.0612 e. The molecular formula is C15H28N2O. The van der Waals surface area contributed by atoms with Crippen LogP contribution < -0.4 is 5.32 Å². The SMILES string of the molecule is CC(C)C1CC(N2CC3CNCC3C2C)CCO1. The lowest BCUT2D eigenvalue weighted by Crippen LogP contribution is -2.46. The van der Waals surface area contributed by atoms with Gasteiger partial charge in [-0.1, -0.05) is 13.8 Å². The third-order valence-electron chi connectivity index (χ3n) is 5.48. The van der Waals surface area contributed by atoms with Crippen LogP contribution in [-0.2, 0) is 4.74 Å². The van der Waals surface area contributed by atoms with Gasteiger partial charge in [-0.25, -0.2) is 0 Å². The van der Waals surface area contributed by atoms with Crippen LogP contribution in [0.3, 0.4) is 0 Å². The Bertz CT molecular complexity index is 294. The monoisotopic (exact) mass is 252 g/mol. The number of fused-ring (bicyclic) bond motifs is 1. The van der Waals surface area contributed by atoms with Crippen LogP contribution in [0.5, 0.6) is 0 Å². The van der Waals surface area contributed by atoms with Gasteiger partial charge in [0, 0.05) is 25.2 Å². The number of rotatable bonds is 2. The summed E-state index contributed by atoms with van der Waals surface area (Å²) in [5, 5.41) is 3.55. The maximum atomic E-state index is 5.92. The summed E-state index contributed by atoms with van der Waals surface area (Å²) in [5.41, 5.74) is 0. The third kappa shape index (κ3) is 2.21. The summed E-state index contributed by atoms with van der Waals surface area (Å²) in [4.78, 5) is 2.80. The van der Waals surface area contributed by atoms with Crippen LogP contribution in [0.15, 0.2) is 0 Å². The van der Waals surface area contributed by atoms with E-state index in [1.54, 1.807) is 0 Å². The standard InChI is InChI=1S/C15H28N2O/c1-10(2)15-6-13(4-5-18-15)17-9-12-7-16-8-14(12)11(17)3/h10-16H,4-9H2,1-3H3. The average molecular weight is 252 g/mol. The third-order valence-corrected chi connectivity index (χ3v) is 5.48. The summed E-state index contributed by atoms with van der Waals surface area (Å²) in [6.45, 7) is 11.8. The zero-order chi connectivity index (χ0) is 12.7. The number of hydrogen-bond acceptors (Lipinski definition) is 3. The molecule has 0 bridgehead atoms. The van der Waals surface area contributed by atoms with Gasteiger partial charge in [0.05, 0.1) is 6.10 Å². The van der Waals surface area contributed by atoms with Crippen LogP contribution in [0, 0.1) is 17.8 Å². The Morgan fingerprint density at radius 1 is 1.28 bits per heavy atom.